The highest BCUT2D eigenvalue weighted by Gasteiger charge is 2.29. The lowest BCUT2D eigenvalue weighted by Gasteiger charge is -2.33. The molecule has 0 saturated carbocycles. The number of anilines is 2. The van der Waals surface area contributed by atoms with Gasteiger partial charge >= 0.3 is 11.9 Å². The number of esters is 1. The highest BCUT2D eigenvalue weighted by molar-refractivity contribution is 6.05. The summed E-state index contributed by atoms with van der Waals surface area (Å²) in [6.07, 6.45) is 2.86. The SMILES string of the molecule is CCOC(=O)[C@@H]1CCCN(c2ncc(NC(=O)c3ccc(C)cc3)cc2C(=O)O)C1. The van der Waals surface area contributed by atoms with E-state index in [1.807, 2.05) is 19.1 Å². The van der Waals surface area contributed by atoms with E-state index in [0.717, 1.165) is 12.0 Å². The minimum absolute atomic E-state index is 0.0267. The summed E-state index contributed by atoms with van der Waals surface area (Å²) in [5.41, 5.74) is 1.77. The van der Waals surface area contributed by atoms with E-state index >= 15 is 0 Å². The lowest BCUT2D eigenvalue weighted by atomic mass is 9.98. The van der Waals surface area contributed by atoms with Gasteiger partial charge in [0.25, 0.3) is 5.91 Å². The number of piperidine rings is 1. The zero-order valence-electron chi connectivity index (χ0n) is 17.1. The number of carboxylic acids is 1. The molecule has 2 N–H and O–H groups in total. The maximum atomic E-state index is 12.4. The van der Waals surface area contributed by atoms with Gasteiger partial charge in [-0.15, -0.1) is 0 Å². The first kappa shape index (κ1) is 21.3. The molecular formula is C22H25N3O5. The molecule has 2 heterocycles. The summed E-state index contributed by atoms with van der Waals surface area (Å²) in [5.74, 6) is -1.81. The van der Waals surface area contributed by atoms with Crippen molar-refractivity contribution in [1.82, 2.24) is 4.98 Å². The maximum Gasteiger partial charge on any atom is 0.339 e. The van der Waals surface area contributed by atoms with Crippen LogP contribution in [0.2, 0.25) is 0 Å². The van der Waals surface area contributed by atoms with Crippen molar-refractivity contribution in [3.8, 4) is 0 Å². The Kier molecular flexibility index (Phi) is 6.66. The number of nitrogens with one attached hydrogen (secondary N) is 1. The molecule has 1 aliphatic heterocycles. The third-order valence-corrected chi connectivity index (χ3v) is 5.01. The topological polar surface area (TPSA) is 109 Å². The van der Waals surface area contributed by atoms with Crippen molar-refractivity contribution < 1.29 is 24.2 Å². The van der Waals surface area contributed by atoms with Crippen molar-refractivity contribution in [1.29, 1.82) is 0 Å². The molecule has 8 heteroatoms. The van der Waals surface area contributed by atoms with E-state index in [-0.39, 0.29) is 29.2 Å². The fourth-order valence-corrected chi connectivity index (χ4v) is 3.47. The Labute approximate surface area is 174 Å². The number of benzene rings is 1. The fourth-order valence-electron chi connectivity index (χ4n) is 3.47. The first-order chi connectivity index (χ1) is 14.4. The minimum atomic E-state index is -1.15. The summed E-state index contributed by atoms with van der Waals surface area (Å²) in [6.45, 7) is 4.94. The second kappa shape index (κ2) is 9.39. The van der Waals surface area contributed by atoms with Crippen molar-refractivity contribution in [3.63, 3.8) is 0 Å². The van der Waals surface area contributed by atoms with Gasteiger partial charge in [-0.25, -0.2) is 9.78 Å². The molecule has 30 heavy (non-hydrogen) atoms. The zero-order chi connectivity index (χ0) is 21.7. The van der Waals surface area contributed by atoms with Crippen LogP contribution in [0.3, 0.4) is 0 Å². The number of carbonyl (C=O) groups is 3. The molecule has 1 aromatic carbocycles. The number of nitrogens with zero attached hydrogens (tertiary/aromatic N) is 2. The fraction of sp³-hybridized carbons (Fsp3) is 0.364. The molecule has 0 radical (unpaired) electrons. The molecule has 1 aromatic heterocycles. The van der Waals surface area contributed by atoms with Gasteiger partial charge in [-0.1, -0.05) is 17.7 Å². The first-order valence-corrected chi connectivity index (χ1v) is 9.92. The molecule has 1 amide bonds. The van der Waals surface area contributed by atoms with Gasteiger partial charge in [-0.2, -0.15) is 0 Å². The molecule has 1 aliphatic rings. The lowest BCUT2D eigenvalue weighted by molar-refractivity contribution is -0.148. The number of rotatable bonds is 6. The number of pyridine rings is 1. The van der Waals surface area contributed by atoms with Crippen molar-refractivity contribution in [3.05, 3.63) is 53.2 Å². The van der Waals surface area contributed by atoms with Gasteiger partial charge < -0.3 is 20.1 Å². The smallest absolute Gasteiger partial charge is 0.339 e. The van der Waals surface area contributed by atoms with Gasteiger partial charge in [0.05, 0.1) is 24.4 Å². The van der Waals surface area contributed by atoms with Crippen LogP contribution < -0.4 is 10.2 Å². The Bertz CT molecular complexity index is 942. The highest BCUT2D eigenvalue weighted by Crippen LogP contribution is 2.27. The van der Waals surface area contributed by atoms with E-state index < -0.39 is 5.97 Å². The Balaban J connectivity index is 1.79. The molecule has 1 saturated heterocycles. The molecule has 1 atom stereocenters. The average molecular weight is 411 g/mol. The van der Waals surface area contributed by atoms with Crippen molar-refractivity contribution in [2.75, 3.05) is 29.9 Å². The normalized spacial score (nSPS) is 16.1. The van der Waals surface area contributed by atoms with Crippen LogP contribution >= 0.6 is 0 Å². The lowest BCUT2D eigenvalue weighted by Crippen LogP contribution is -2.40. The maximum absolute atomic E-state index is 12.4. The molecule has 0 spiro atoms. The summed E-state index contributed by atoms with van der Waals surface area (Å²) in [5, 5.41) is 12.4. The molecule has 3 rings (SSSR count). The number of carboxylic acid groups (broad SMARTS) is 1. The summed E-state index contributed by atoms with van der Waals surface area (Å²) < 4.78 is 5.11. The molecule has 2 aromatic rings. The number of aromatic carboxylic acids is 1. The summed E-state index contributed by atoms with van der Waals surface area (Å²) >= 11 is 0. The molecule has 0 unspecified atom stereocenters. The van der Waals surface area contributed by atoms with Crippen molar-refractivity contribution >= 4 is 29.4 Å². The Morgan fingerprint density at radius 1 is 1.27 bits per heavy atom. The number of hydrogen-bond acceptors (Lipinski definition) is 6. The van der Waals surface area contributed by atoms with Gasteiger partial charge in [-0.05, 0) is 44.9 Å². The van der Waals surface area contributed by atoms with Crippen LogP contribution in [-0.2, 0) is 9.53 Å². The van der Waals surface area contributed by atoms with Crippen LogP contribution in [0.5, 0.6) is 0 Å². The number of hydrogen-bond donors (Lipinski definition) is 2. The van der Waals surface area contributed by atoms with E-state index in [1.165, 1.54) is 12.3 Å². The summed E-state index contributed by atoms with van der Waals surface area (Å²) in [4.78, 5) is 42.5. The predicted octanol–water partition coefficient (Wildman–Crippen LogP) is 3.12. The minimum Gasteiger partial charge on any atom is -0.478 e. The monoisotopic (exact) mass is 411 g/mol. The van der Waals surface area contributed by atoms with Gasteiger partial charge in [0.1, 0.15) is 11.4 Å². The zero-order valence-corrected chi connectivity index (χ0v) is 17.1. The third kappa shape index (κ3) is 4.94. The van der Waals surface area contributed by atoms with Gasteiger partial charge in [0.15, 0.2) is 0 Å². The highest BCUT2D eigenvalue weighted by atomic mass is 16.5. The first-order valence-electron chi connectivity index (χ1n) is 9.92. The number of amides is 1. The number of carbonyl (C=O) groups excluding carboxylic acids is 2. The number of aromatic nitrogens is 1. The van der Waals surface area contributed by atoms with Crippen LogP contribution in [0.4, 0.5) is 11.5 Å². The quantitative estimate of drug-likeness (QED) is 0.703. The summed E-state index contributed by atoms with van der Waals surface area (Å²) in [7, 11) is 0. The van der Waals surface area contributed by atoms with Crippen LogP contribution in [0.25, 0.3) is 0 Å². The second-order valence-corrected chi connectivity index (χ2v) is 7.26. The number of aryl methyl sites for hydroxylation is 1. The van der Waals surface area contributed by atoms with Crippen LogP contribution in [0.1, 0.15) is 46.0 Å². The second-order valence-electron chi connectivity index (χ2n) is 7.26. The van der Waals surface area contributed by atoms with E-state index in [9.17, 15) is 19.5 Å². The largest absolute Gasteiger partial charge is 0.478 e. The number of ether oxygens (including phenoxy) is 1. The standard InChI is InChI=1S/C22H25N3O5/c1-3-30-22(29)16-5-4-10-25(13-16)19-18(21(27)28)11-17(12-23-19)24-20(26)15-8-6-14(2)7-9-15/h6-9,11-12,16H,3-5,10,13H2,1-2H3,(H,24,26)(H,27,28)/t16-/m1/s1. The Morgan fingerprint density at radius 2 is 2.00 bits per heavy atom. The van der Waals surface area contributed by atoms with Crippen LogP contribution in [0.15, 0.2) is 36.5 Å². The predicted molar refractivity (Wildman–Crippen MR) is 112 cm³/mol. The van der Waals surface area contributed by atoms with Gasteiger partial charge in [-0.3, -0.25) is 9.59 Å². The van der Waals surface area contributed by atoms with Crippen LogP contribution in [0, 0.1) is 12.8 Å². The average Bonchev–Trinajstić information content (AvgIpc) is 2.74. The molecule has 158 valence electrons. The van der Waals surface area contributed by atoms with Crippen LogP contribution in [-0.4, -0.2) is 47.6 Å². The van der Waals surface area contributed by atoms with Gasteiger partial charge in [0, 0.05) is 18.7 Å². The Morgan fingerprint density at radius 3 is 2.67 bits per heavy atom. The van der Waals surface area contributed by atoms with Crippen molar-refractivity contribution in [2.45, 2.75) is 26.7 Å². The molecule has 0 aliphatic carbocycles. The van der Waals surface area contributed by atoms with E-state index in [4.69, 9.17) is 4.74 Å². The Hall–Kier alpha value is -3.42. The molecule has 0 bridgehead atoms. The molecular weight excluding hydrogens is 386 g/mol. The van der Waals surface area contributed by atoms with E-state index in [1.54, 1.807) is 24.0 Å². The van der Waals surface area contributed by atoms with E-state index in [2.05, 4.69) is 10.3 Å². The van der Waals surface area contributed by atoms with Crippen molar-refractivity contribution in [2.24, 2.45) is 5.92 Å². The van der Waals surface area contributed by atoms with E-state index in [0.29, 0.717) is 37.4 Å². The molecule has 8 nitrogen and oxygen atoms in total. The summed E-state index contributed by atoms with van der Waals surface area (Å²) in [6, 6.07) is 8.46. The van der Waals surface area contributed by atoms with Gasteiger partial charge in [0.2, 0.25) is 0 Å². The third-order valence-electron chi connectivity index (χ3n) is 5.01. The molecule has 1 fully saturated rings.